The van der Waals surface area contributed by atoms with Gasteiger partial charge in [-0.3, -0.25) is 9.59 Å². The van der Waals surface area contributed by atoms with E-state index in [9.17, 15) is 9.59 Å². The molecule has 5 heteroatoms. The number of rotatable bonds is 4. The molecule has 0 aliphatic carbocycles. The largest absolute Gasteiger partial charge is 0.342 e. The quantitative estimate of drug-likeness (QED) is 0.852. The van der Waals surface area contributed by atoms with Crippen LogP contribution in [0.3, 0.4) is 0 Å². The number of amides is 2. The summed E-state index contributed by atoms with van der Waals surface area (Å²) in [4.78, 5) is 29.2. The molecule has 0 bridgehead atoms. The Morgan fingerprint density at radius 3 is 2.52 bits per heavy atom. The highest BCUT2D eigenvalue weighted by Crippen LogP contribution is 2.24. The second kappa shape index (κ2) is 6.77. The molecule has 0 aromatic heterocycles. The van der Waals surface area contributed by atoms with Gasteiger partial charge in [0, 0.05) is 25.6 Å². The van der Waals surface area contributed by atoms with Crippen LogP contribution in [0.2, 0.25) is 0 Å². The lowest BCUT2D eigenvalue weighted by Crippen LogP contribution is -2.58. The third kappa shape index (κ3) is 3.39. The van der Waals surface area contributed by atoms with Crippen LogP contribution in [0.15, 0.2) is 0 Å². The maximum atomic E-state index is 12.9. The van der Waals surface area contributed by atoms with E-state index >= 15 is 0 Å². The van der Waals surface area contributed by atoms with Crippen LogP contribution in [0.1, 0.15) is 52.4 Å². The van der Waals surface area contributed by atoms with Gasteiger partial charge in [-0.25, -0.2) is 0 Å². The van der Waals surface area contributed by atoms with Gasteiger partial charge in [0.1, 0.15) is 5.54 Å². The summed E-state index contributed by atoms with van der Waals surface area (Å²) in [5, 5.41) is 2.98. The van der Waals surface area contributed by atoms with Crippen molar-refractivity contribution in [1.82, 2.24) is 15.1 Å². The molecule has 2 amide bonds. The number of piperidine rings is 1. The van der Waals surface area contributed by atoms with E-state index in [1.807, 2.05) is 18.7 Å². The van der Waals surface area contributed by atoms with Gasteiger partial charge in [-0.15, -0.1) is 0 Å². The van der Waals surface area contributed by atoms with E-state index in [-0.39, 0.29) is 11.8 Å². The Hall–Kier alpha value is -1.10. The smallest absolute Gasteiger partial charge is 0.248 e. The predicted octanol–water partition coefficient (Wildman–Crippen LogP) is 1.38. The van der Waals surface area contributed by atoms with E-state index < -0.39 is 5.54 Å². The highest BCUT2D eigenvalue weighted by Gasteiger charge is 2.42. The van der Waals surface area contributed by atoms with Crippen LogP contribution in [-0.4, -0.2) is 59.9 Å². The Kier molecular flexibility index (Phi) is 5.25. The van der Waals surface area contributed by atoms with Gasteiger partial charge in [0.15, 0.2) is 0 Å². The molecule has 1 unspecified atom stereocenters. The minimum atomic E-state index is -0.694. The number of nitrogens with zero attached hydrogens (tertiary/aromatic N) is 2. The van der Waals surface area contributed by atoms with Gasteiger partial charge in [0.25, 0.3) is 0 Å². The van der Waals surface area contributed by atoms with Crippen molar-refractivity contribution >= 4 is 11.8 Å². The first-order valence-corrected chi connectivity index (χ1v) is 8.33. The first-order valence-electron chi connectivity index (χ1n) is 8.33. The minimum absolute atomic E-state index is 0.00606. The molecule has 0 radical (unpaired) electrons. The van der Waals surface area contributed by atoms with Gasteiger partial charge in [0.05, 0.1) is 0 Å². The molecule has 2 aliphatic rings. The molecule has 21 heavy (non-hydrogen) atoms. The molecule has 1 atom stereocenters. The summed E-state index contributed by atoms with van der Waals surface area (Å²) < 4.78 is 0. The summed E-state index contributed by atoms with van der Waals surface area (Å²) in [6, 6.07) is 0.433. The maximum Gasteiger partial charge on any atom is 0.248 e. The number of likely N-dealkylation sites (tertiary alicyclic amines) is 1. The molecule has 0 saturated carbocycles. The SMILES string of the molecule is CCC1(CC)NC(=O)CCN(CC2CCCCN2C)C1=O. The normalized spacial score (nSPS) is 27.4. The zero-order valence-corrected chi connectivity index (χ0v) is 13.7. The number of nitrogens with one attached hydrogen (secondary N) is 1. The lowest BCUT2D eigenvalue weighted by molar-refractivity contribution is -0.140. The van der Waals surface area contributed by atoms with Gasteiger partial charge in [-0.05, 0) is 39.3 Å². The Bertz CT molecular complexity index is 393. The van der Waals surface area contributed by atoms with Crippen molar-refractivity contribution in [2.75, 3.05) is 26.7 Å². The molecular weight excluding hydrogens is 266 g/mol. The van der Waals surface area contributed by atoms with Gasteiger partial charge in [0.2, 0.25) is 11.8 Å². The molecule has 120 valence electrons. The zero-order valence-electron chi connectivity index (χ0n) is 13.7. The topological polar surface area (TPSA) is 52.7 Å². The number of carbonyl (C=O) groups excluding carboxylic acids is 2. The molecule has 1 N–H and O–H groups in total. The van der Waals surface area contributed by atoms with Gasteiger partial charge in [-0.2, -0.15) is 0 Å². The highest BCUT2D eigenvalue weighted by atomic mass is 16.2. The molecule has 0 aromatic rings. The summed E-state index contributed by atoms with van der Waals surface area (Å²) in [6.07, 6.45) is 5.36. The Labute approximate surface area is 128 Å². The molecule has 0 spiro atoms. The molecule has 2 saturated heterocycles. The average Bonchev–Trinajstić information content (AvgIpc) is 2.61. The lowest BCUT2D eigenvalue weighted by Gasteiger charge is -2.39. The van der Waals surface area contributed by atoms with Crippen LogP contribution in [0.4, 0.5) is 0 Å². The van der Waals surface area contributed by atoms with E-state index in [1.165, 1.54) is 12.8 Å². The fraction of sp³-hybridized carbons (Fsp3) is 0.875. The van der Waals surface area contributed by atoms with Crippen LogP contribution in [0.5, 0.6) is 0 Å². The Morgan fingerprint density at radius 2 is 1.90 bits per heavy atom. The van der Waals surface area contributed by atoms with E-state index in [0.717, 1.165) is 19.5 Å². The first kappa shape index (κ1) is 16.3. The van der Waals surface area contributed by atoms with Crippen molar-refractivity contribution in [3.8, 4) is 0 Å². The van der Waals surface area contributed by atoms with Crippen LogP contribution in [-0.2, 0) is 9.59 Å². The Balaban J connectivity index is 2.13. The van der Waals surface area contributed by atoms with Crippen LogP contribution in [0.25, 0.3) is 0 Å². The number of hydrogen-bond acceptors (Lipinski definition) is 3. The van der Waals surface area contributed by atoms with Crippen molar-refractivity contribution < 1.29 is 9.59 Å². The molecule has 2 aliphatic heterocycles. The summed E-state index contributed by atoms with van der Waals surface area (Å²) in [6.45, 7) is 6.38. The predicted molar refractivity (Wildman–Crippen MR) is 82.9 cm³/mol. The summed E-state index contributed by atoms with van der Waals surface area (Å²) >= 11 is 0. The number of carbonyl (C=O) groups is 2. The van der Waals surface area contributed by atoms with Gasteiger partial charge < -0.3 is 15.1 Å². The van der Waals surface area contributed by atoms with Gasteiger partial charge >= 0.3 is 0 Å². The van der Waals surface area contributed by atoms with E-state index in [4.69, 9.17) is 0 Å². The Morgan fingerprint density at radius 1 is 1.19 bits per heavy atom. The second-order valence-electron chi connectivity index (χ2n) is 6.47. The van der Waals surface area contributed by atoms with Crippen LogP contribution < -0.4 is 5.32 Å². The third-order valence-electron chi connectivity index (χ3n) is 5.24. The third-order valence-corrected chi connectivity index (χ3v) is 5.24. The minimum Gasteiger partial charge on any atom is -0.342 e. The standard InChI is InChI=1S/C16H29N3O2/c1-4-16(5-2)15(21)19(11-9-14(20)17-16)12-13-8-6-7-10-18(13)3/h13H,4-12H2,1-3H3,(H,17,20). The van der Waals surface area contributed by atoms with Crippen molar-refractivity contribution in [3.63, 3.8) is 0 Å². The molecule has 2 heterocycles. The van der Waals surface area contributed by atoms with Gasteiger partial charge in [-0.1, -0.05) is 20.3 Å². The summed E-state index contributed by atoms with van der Waals surface area (Å²) in [5.41, 5.74) is -0.694. The van der Waals surface area contributed by atoms with Crippen molar-refractivity contribution in [2.24, 2.45) is 0 Å². The molecule has 2 fully saturated rings. The molecule has 0 aromatic carbocycles. The number of hydrogen-bond donors (Lipinski definition) is 1. The monoisotopic (exact) mass is 295 g/mol. The van der Waals surface area contributed by atoms with Crippen LogP contribution in [0, 0.1) is 0 Å². The zero-order chi connectivity index (χ0) is 15.5. The summed E-state index contributed by atoms with van der Waals surface area (Å²) in [5.74, 6) is 0.115. The number of likely N-dealkylation sites (N-methyl/N-ethyl adjacent to an activating group) is 1. The summed E-state index contributed by atoms with van der Waals surface area (Å²) in [7, 11) is 2.14. The highest BCUT2D eigenvalue weighted by molar-refractivity contribution is 5.93. The molecular formula is C16H29N3O2. The van der Waals surface area contributed by atoms with E-state index in [2.05, 4.69) is 17.3 Å². The van der Waals surface area contributed by atoms with Crippen molar-refractivity contribution in [3.05, 3.63) is 0 Å². The molecule has 2 rings (SSSR count). The van der Waals surface area contributed by atoms with E-state index in [1.54, 1.807) is 0 Å². The van der Waals surface area contributed by atoms with Crippen molar-refractivity contribution in [1.29, 1.82) is 0 Å². The average molecular weight is 295 g/mol. The lowest BCUT2D eigenvalue weighted by atomic mass is 9.91. The fourth-order valence-corrected chi connectivity index (χ4v) is 3.56. The molecule has 5 nitrogen and oxygen atoms in total. The van der Waals surface area contributed by atoms with E-state index in [0.29, 0.717) is 31.8 Å². The second-order valence-corrected chi connectivity index (χ2v) is 6.47. The first-order chi connectivity index (χ1) is 10.0. The van der Waals surface area contributed by atoms with Crippen LogP contribution >= 0.6 is 0 Å². The fourth-order valence-electron chi connectivity index (χ4n) is 3.56. The van der Waals surface area contributed by atoms with Crippen molar-refractivity contribution in [2.45, 2.75) is 64.0 Å². The maximum absolute atomic E-state index is 12.9.